The minimum Gasteiger partial charge on any atom is -0.385 e. The number of anilines is 1. The van der Waals surface area contributed by atoms with Gasteiger partial charge in [-0.05, 0) is 30.7 Å². The summed E-state index contributed by atoms with van der Waals surface area (Å²) in [5.74, 6) is 3.08. The van der Waals surface area contributed by atoms with Gasteiger partial charge in [-0.25, -0.2) is 0 Å². The first-order chi connectivity index (χ1) is 6.76. The summed E-state index contributed by atoms with van der Waals surface area (Å²) < 4.78 is 0. The first kappa shape index (κ1) is 10.6. The highest BCUT2D eigenvalue weighted by Gasteiger charge is 1.98. The molecule has 1 aromatic carbocycles. The smallest absolute Gasteiger partial charge is 0.0352 e. The molecule has 0 aliphatic carbocycles. The molecule has 0 heterocycles. The monoisotopic (exact) mass is 188 g/mol. The SMILES string of the molecule is C#Cc1cccc(NCC(C)CN)c1. The molecule has 1 aromatic rings. The Hall–Kier alpha value is -1.46. The van der Waals surface area contributed by atoms with Gasteiger partial charge in [0.15, 0.2) is 0 Å². The Morgan fingerprint density at radius 1 is 1.57 bits per heavy atom. The first-order valence-electron chi connectivity index (χ1n) is 4.77. The molecule has 1 rings (SSSR count). The molecule has 0 saturated heterocycles. The zero-order valence-electron chi connectivity index (χ0n) is 8.46. The van der Waals surface area contributed by atoms with Crippen LogP contribution in [0.4, 0.5) is 5.69 Å². The molecule has 3 N–H and O–H groups in total. The summed E-state index contributed by atoms with van der Waals surface area (Å²) in [4.78, 5) is 0. The lowest BCUT2D eigenvalue weighted by atomic mass is 10.1. The van der Waals surface area contributed by atoms with Crippen LogP contribution in [0.1, 0.15) is 12.5 Å². The third-order valence-corrected chi connectivity index (χ3v) is 2.09. The molecule has 0 aliphatic rings. The van der Waals surface area contributed by atoms with Crippen molar-refractivity contribution in [2.24, 2.45) is 11.7 Å². The van der Waals surface area contributed by atoms with E-state index in [9.17, 15) is 0 Å². The minimum atomic E-state index is 0.476. The molecule has 0 radical (unpaired) electrons. The van der Waals surface area contributed by atoms with Crippen LogP contribution in [0, 0.1) is 18.3 Å². The van der Waals surface area contributed by atoms with E-state index in [4.69, 9.17) is 12.2 Å². The molecule has 0 spiro atoms. The van der Waals surface area contributed by atoms with Crippen molar-refractivity contribution in [2.45, 2.75) is 6.92 Å². The second kappa shape index (κ2) is 5.31. The molecule has 0 amide bonds. The van der Waals surface area contributed by atoms with Crippen molar-refractivity contribution in [1.29, 1.82) is 0 Å². The Bertz CT molecular complexity index is 325. The van der Waals surface area contributed by atoms with Gasteiger partial charge in [0.1, 0.15) is 0 Å². The predicted molar refractivity (Wildman–Crippen MR) is 61.1 cm³/mol. The van der Waals surface area contributed by atoms with Crippen LogP contribution in [0.3, 0.4) is 0 Å². The van der Waals surface area contributed by atoms with E-state index in [1.54, 1.807) is 0 Å². The number of nitrogens with two attached hydrogens (primary N) is 1. The van der Waals surface area contributed by atoms with Gasteiger partial charge >= 0.3 is 0 Å². The maximum absolute atomic E-state index is 5.52. The topological polar surface area (TPSA) is 38.0 Å². The summed E-state index contributed by atoms with van der Waals surface area (Å²) in [7, 11) is 0. The lowest BCUT2D eigenvalue weighted by Gasteiger charge is -2.11. The van der Waals surface area contributed by atoms with Gasteiger partial charge in [-0.2, -0.15) is 0 Å². The van der Waals surface area contributed by atoms with Crippen LogP contribution in [-0.4, -0.2) is 13.1 Å². The van der Waals surface area contributed by atoms with Gasteiger partial charge in [-0.3, -0.25) is 0 Å². The van der Waals surface area contributed by atoms with Crippen LogP contribution in [-0.2, 0) is 0 Å². The Kier molecular flexibility index (Phi) is 4.03. The van der Waals surface area contributed by atoms with Crippen molar-refractivity contribution in [1.82, 2.24) is 0 Å². The lowest BCUT2D eigenvalue weighted by Crippen LogP contribution is -2.19. The third kappa shape index (κ3) is 3.12. The highest BCUT2D eigenvalue weighted by atomic mass is 14.9. The zero-order valence-corrected chi connectivity index (χ0v) is 8.46. The fourth-order valence-corrected chi connectivity index (χ4v) is 1.09. The highest BCUT2D eigenvalue weighted by molar-refractivity contribution is 5.49. The van der Waals surface area contributed by atoms with E-state index in [0.717, 1.165) is 17.8 Å². The zero-order chi connectivity index (χ0) is 10.4. The normalized spacial score (nSPS) is 11.8. The van der Waals surface area contributed by atoms with Gasteiger partial charge in [0, 0.05) is 17.8 Å². The highest BCUT2D eigenvalue weighted by Crippen LogP contribution is 2.10. The molecule has 0 saturated carbocycles. The van der Waals surface area contributed by atoms with E-state index in [2.05, 4.69) is 18.2 Å². The van der Waals surface area contributed by atoms with Gasteiger partial charge in [0.25, 0.3) is 0 Å². The summed E-state index contributed by atoms with van der Waals surface area (Å²) in [5.41, 5.74) is 7.47. The molecule has 0 bridgehead atoms. The van der Waals surface area contributed by atoms with E-state index < -0.39 is 0 Å². The molecule has 1 unspecified atom stereocenters. The molecule has 0 aliphatic heterocycles. The van der Waals surface area contributed by atoms with Crippen LogP contribution in [0.2, 0.25) is 0 Å². The molecule has 1 atom stereocenters. The number of hydrogen-bond donors (Lipinski definition) is 2. The van der Waals surface area contributed by atoms with Crippen molar-refractivity contribution >= 4 is 5.69 Å². The predicted octanol–water partition coefficient (Wildman–Crippen LogP) is 1.67. The quantitative estimate of drug-likeness (QED) is 0.705. The Morgan fingerprint density at radius 2 is 2.36 bits per heavy atom. The summed E-state index contributed by atoms with van der Waals surface area (Å²) in [5, 5.41) is 3.29. The number of terminal acetylenes is 1. The maximum Gasteiger partial charge on any atom is 0.0352 e. The summed E-state index contributed by atoms with van der Waals surface area (Å²) in [6.07, 6.45) is 5.30. The summed E-state index contributed by atoms with van der Waals surface area (Å²) in [6.45, 7) is 3.68. The average Bonchev–Trinajstić information content (AvgIpc) is 2.26. The first-order valence-corrected chi connectivity index (χ1v) is 4.77. The van der Waals surface area contributed by atoms with Crippen LogP contribution in [0.25, 0.3) is 0 Å². The Balaban J connectivity index is 2.55. The van der Waals surface area contributed by atoms with E-state index in [1.165, 1.54) is 0 Å². The van der Waals surface area contributed by atoms with Gasteiger partial charge < -0.3 is 11.1 Å². The van der Waals surface area contributed by atoms with Crippen LogP contribution < -0.4 is 11.1 Å². The second-order valence-electron chi connectivity index (χ2n) is 3.45. The second-order valence-corrected chi connectivity index (χ2v) is 3.45. The molecule has 0 fully saturated rings. The Labute approximate surface area is 85.5 Å². The molecular formula is C12H16N2. The molecule has 2 nitrogen and oxygen atoms in total. The molecule has 14 heavy (non-hydrogen) atoms. The largest absolute Gasteiger partial charge is 0.385 e. The minimum absolute atomic E-state index is 0.476. The number of benzene rings is 1. The third-order valence-electron chi connectivity index (χ3n) is 2.09. The van der Waals surface area contributed by atoms with Crippen molar-refractivity contribution < 1.29 is 0 Å². The van der Waals surface area contributed by atoms with Gasteiger partial charge in [0.2, 0.25) is 0 Å². The number of hydrogen-bond acceptors (Lipinski definition) is 2. The van der Waals surface area contributed by atoms with E-state index in [1.807, 2.05) is 24.3 Å². The molecule has 0 aromatic heterocycles. The molecular weight excluding hydrogens is 172 g/mol. The van der Waals surface area contributed by atoms with Crippen LogP contribution in [0.5, 0.6) is 0 Å². The number of nitrogens with one attached hydrogen (secondary N) is 1. The standard InChI is InChI=1S/C12H16N2/c1-3-11-5-4-6-12(7-11)14-9-10(2)8-13/h1,4-7,10,14H,8-9,13H2,2H3. The lowest BCUT2D eigenvalue weighted by molar-refractivity contribution is 0.628. The fourth-order valence-electron chi connectivity index (χ4n) is 1.09. The van der Waals surface area contributed by atoms with Crippen molar-refractivity contribution in [3.63, 3.8) is 0 Å². The Morgan fingerprint density at radius 3 is 3.00 bits per heavy atom. The van der Waals surface area contributed by atoms with E-state index >= 15 is 0 Å². The van der Waals surface area contributed by atoms with E-state index in [0.29, 0.717) is 12.5 Å². The van der Waals surface area contributed by atoms with Crippen LogP contribution >= 0.6 is 0 Å². The maximum atomic E-state index is 5.52. The average molecular weight is 188 g/mol. The molecule has 74 valence electrons. The van der Waals surface area contributed by atoms with Crippen molar-refractivity contribution in [3.05, 3.63) is 29.8 Å². The summed E-state index contributed by atoms with van der Waals surface area (Å²) >= 11 is 0. The van der Waals surface area contributed by atoms with Gasteiger partial charge in [0.05, 0.1) is 0 Å². The van der Waals surface area contributed by atoms with Crippen molar-refractivity contribution in [3.8, 4) is 12.3 Å². The van der Waals surface area contributed by atoms with Crippen molar-refractivity contribution in [2.75, 3.05) is 18.4 Å². The van der Waals surface area contributed by atoms with Gasteiger partial charge in [-0.1, -0.05) is 18.9 Å². The summed E-state index contributed by atoms with van der Waals surface area (Å²) in [6, 6.07) is 7.83. The van der Waals surface area contributed by atoms with Gasteiger partial charge in [-0.15, -0.1) is 6.42 Å². The molecule has 2 heteroatoms. The van der Waals surface area contributed by atoms with E-state index in [-0.39, 0.29) is 0 Å². The van der Waals surface area contributed by atoms with Crippen LogP contribution in [0.15, 0.2) is 24.3 Å². The number of rotatable bonds is 4. The fraction of sp³-hybridized carbons (Fsp3) is 0.333.